The number of rotatable bonds is 1. The van der Waals surface area contributed by atoms with Crippen LogP contribution >= 0.6 is 0 Å². The third-order valence-corrected chi connectivity index (χ3v) is 4.96. The molecule has 2 heterocycles. The van der Waals surface area contributed by atoms with Crippen LogP contribution in [0.2, 0.25) is 0 Å². The Kier molecular flexibility index (Phi) is 2.91. The molecule has 1 aromatic carbocycles. The van der Waals surface area contributed by atoms with Crippen LogP contribution in [0.1, 0.15) is 50.4 Å². The zero-order chi connectivity index (χ0) is 13.5. The highest BCUT2D eigenvalue weighted by atomic mass is 16.3. The molecule has 1 aromatic heterocycles. The molecule has 1 saturated heterocycles. The van der Waals surface area contributed by atoms with Gasteiger partial charge in [-0.25, -0.2) is 4.98 Å². The number of aromatic hydroxyl groups is 1. The second-order valence-corrected chi connectivity index (χ2v) is 6.27. The average Bonchev–Trinajstić information content (AvgIpc) is 2.89. The number of imidazole rings is 1. The standard InChI is InChI=1S/C16H21N3O/c20-11-6-8-13-15(9-11)19-16(18-13)14-7-5-10-3-1-2-4-12(10)17-14/h6,8-10,12,14,17,20H,1-5,7H2,(H,18,19). The molecule has 0 radical (unpaired) electrons. The molecule has 1 saturated carbocycles. The molecule has 3 N–H and O–H groups in total. The van der Waals surface area contributed by atoms with Crippen LogP contribution in [0.15, 0.2) is 18.2 Å². The van der Waals surface area contributed by atoms with Crippen LogP contribution in [-0.2, 0) is 0 Å². The number of aromatic nitrogens is 2. The Hall–Kier alpha value is -1.55. The van der Waals surface area contributed by atoms with Gasteiger partial charge < -0.3 is 15.4 Å². The number of fused-ring (bicyclic) bond motifs is 2. The van der Waals surface area contributed by atoms with Gasteiger partial charge in [-0.1, -0.05) is 12.8 Å². The molecule has 3 unspecified atom stereocenters. The van der Waals surface area contributed by atoms with Crippen molar-refractivity contribution in [3.63, 3.8) is 0 Å². The van der Waals surface area contributed by atoms with Crippen molar-refractivity contribution in [3.05, 3.63) is 24.0 Å². The van der Waals surface area contributed by atoms with Crippen molar-refractivity contribution in [1.29, 1.82) is 0 Å². The number of hydrogen-bond acceptors (Lipinski definition) is 3. The summed E-state index contributed by atoms with van der Waals surface area (Å²) >= 11 is 0. The number of nitrogens with zero attached hydrogens (tertiary/aromatic N) is 1. The van der Waals surface area contributed by atoms with Crippen molar-refractivity contribution in [2.24, 2.45) is 5.92 Å². The maximum atomic E-state index is 9.54. The molecule has 4 nitrogen and oxygen atoms in total. The minimum atomic E-state index is 0.289. The zero-order valence-electron chi connectivity index (χ0n) is 11.6. The van der Waals surface area contributed by atoms with Gasteiger partial charge >= 0.3 is 0 Å². The van der Waals surface area contributed by atoms with E-state index in [0.717, 1.165) is 29.2 Å². The van der Waals surface area contributed by atoms with E-state index >= 15 is 0 Å². The molecule has 1 aliphatic carbocycles. The molecule has 0 spiro atoms. The van der Waals surface area contributed by atoms with Gasteiger partial charge in [0.2, 0.25) is 0 Å². The molecular formula is C16H21N3O. The van der Waals surface area contributed by atoms with E-state index in [1.165, 1.54) is 32.1 Å². The molecule has 20 heavy (non-hydrogen) atoms. The van der Waals surface area contributed by atoms with Crippen LogP contribution in [0.25, 0.3) is 11.0 Å². The molecule has 2 fully saturated rings. The van der Waals surface area contributed by atoms with Crippen molar-refractivity contribution in [3.8, 4) is 5.75 Å². The molecule has 2 aromatic rings. The lowest BCUT2D eigenvalue weighted by atomic mass is 9.77. The summed E-state index contributed by atoms with van der Waals surface area (Å²) < 4.78 is 0. The van der Waals surface area contributed by atoms with Gasteiger partial charge in [-0.15, -0.1) is 0 Å². The van der Waals surface area contributed by atoms with Crippen molar-refractivity contribution >= 4 is 11.0 Å². The summed E-state index contributed by atoms with van der Waals surface area (Å²) in [7, 11) is 0. The number of nitrogens with one attached hydrogen (secondary N) is 2. The smallest absolute Gasteiger partial charge is 0.124 e. The van der Waals surface area contributed by atoms with Gasteiger partial charge in [-0.2, -0.15) is 0 Å². The van der Waals surface area contributed by atoms with Crippen molar-refractivity contribution in [2.45, 2.75) is 50.6 Å². The third-order valence-electron chi connectivity index (χ3n) is 4.96. The molecule has 2 aliphatic rings. The van der Waals surface area contributed by atoms with Gasteiger partial charge in [0, 0.05) is 12.1 Å². The SMILES string of the molecule is Oc1ccc2nc(C3CCC4CCCCC4N3)[nH]c2c1. The number of hydrogen-bond donors (Lipinski definition) is 3. The number of phenols is 1. The molecule has 3 atom stereocenters. The highest BCUT2D eigenvalue weighted by Crippen LogP contribution is 2.36. The molecular weight excluding hydrogens is 250 g/mol. The Morgan fingerprint density at radius 2 is 2.00 bits per heavy atom. The fraction of sp³-hybridized carbons (Fsp3) is 0.562. The predicted octanol–water partition coefficient (Wildman–Crippen LogP) is 3.25. The van der Waals surface area contributed by atoms with E-state index in [9.17, 15) is 5.11 Å². The zero-order valence-corrected chi connectivity index (χ0v) is 11.6. The van der Waals surface area contributed by atoms with Gasteiger partial charge in [-0.3, -0.25) is 0 Å². The van der Waals surface area contributed by atoms with Crippen LogP contribution in [0.5, 0.6) is 5.75 Å². The van der Waals surface area contributed by atoms with Gasteiger partial charge in [0.25, 0.3) is 0 Å². The lowest BCUT2D eigenvalue weighted by Crippen LogP contribution is -2.45. The monoisotopic (exact) mass is 271 g/mol. The largest absolute Gasteiger partial charge is 0.508 e. The fourth-order valence-corrected chi connectivity index (χ4v) is 3.89. The highest BCUT2D eigenvalue weighted by Gasteiger charge is 2.33. The Bertz CT molecular complexity index is 621. The average molecular weight is 271 g/mol. The number of benzene rings is 1. The first-order chi connectivity index (χ1) is 9.79. The highest BCUT2D eigenvalue weighted by molar-refractivity contribution is 5.76. The first-order valence-electron chi connectivity index (χ1n) is 7.74. The van der Waals surface area contributed by atoms with Crippen LogP contribution in [0.3, 0.4) is 0 Å². The summed E-state index contributed by atoms with van der Waals surface area (Å²) in [5.74, 6) is 2.18. The van der Waals surface area contributed by atoms with E-state index in [2.05, 4.69) is 15.3 Å². The lowest BCUT2D eigenvalue weighted by Gasteiger charge is -2.39. The molecule has 1 aliphatic heterocycles. The molecule has 4 heteroatoms. The predicted molar refractivity (Wildman–Crippen MR) is 78.6 cm³/mol. The van der Waals surface area contributed by atoms with Gasteiger partial charge in [0.05, 0.1) is 17.1 Å². The molecule has 106 valence electrons. The summed E-state index contributed by atoms with van der Waals surface area (Å²) in [5, 5.41) is 13.3. The molecule has 4 rings (SSSR count). The Balaban J connectivity index is 1.59. The maximum Gasteiger partial charge on any atom is 0.124 e. The maximum absolute atomic E-state index is 9.54. The van der Waals surface area contributed by atoms with E-state index in [4.69, 9.17) is 0 Å². The van der Waals surface area contributed by atoms with Crippen LogP contribution < -0.4 is 5.32 Å². The number of H-pyrrole nitrogens is 1. The number of piperidine rings is 1. The summed E-state index contributed by atoms with van der Waals surface area (Å²) in [4.78, 5) is 8.05. The lowest BCUT2D eigenvalue weighted by molar-refractivity contribution is 0.174. The molecule has 0 amide bonds. The summed E-state index contributed by atoms with van der Waals surface area (Å²) in [6.45, 7) is 0. The first kappa shape index (κ1) is 12.2. The minimum Gasteiger partial charge on any atom is -0.508 e. The van der Waals surface area contributed by atoms with E-state index in [-0.39, 0.29) is 5.75 Å². The minimum absolute atomic E-state index is 0.289. The Morgan fingerprint density at radius 3 is 2.95 bits per heavy atom. The number of phenolic OH excluding ortho intramolecular Hbond substituents is 1. The first-order valence-corrected chi connectivity index (χ1v) is 7.74. The van der Waals surface area contributed by atoms with E-state index < -0.39 is 0 Å². The molecule has 0 bridgehead atoms. The van der Waals surface area contributed by atoms with Crippen molar-refractivity contribution < 1.29 is 5.11 Å². The van der Waals surface area contributed by atoms with Crippen LogP contribution in [-0.4, -0.2) is 21.1 Å². The van der Waals surface area contributed by atoms with Crippen molar-refractivity contribution in [1.82, 2.24) is 15.3 Å². The summed E-state index contributed by atoms with van der Waals surface area (Å²) in [6, 6.07) is 6.32. The topological polar surface area (TPSA) is 60.9 Å². The summed E-state index contributed by atoms with van der Waals surface area (Å²) in [6.07, 6.45) is 7.92. The summed E-state index contributed by atoms with van der Waals surface area (Å²) in [5.41, 5.74) is 1.86. The third kappa shape index (κ3) is 2.08. The van der Waals surface area contributed by atoms with Crippen molar-refractivity contribution in [2.75, 3.05) is 0 Å². The van der Waals surface area contributed by atoms with E-state index in [1.807, 2.05) is 6.07 Å². The van der Waals surface area contributed by atoms with Gasteiger partial charge in [-0.05, 0) is 43.7 Å². The van der Waals surface area contributed by atoms with Gasteiger partial charge in [0.1, 0.15) is 11.6 Å². The van der Waals surface area contributed by atoms with Gasteiger partial charge in [0.15, 0.2) is 0 Å². The van der Waals surface area contributed by atoms with E-state index in [1.54, 1.807) is 12.1 Å². The van der Waals surface area contributed by atoms with Crippen LogP contribution in [0, 0.1) is 5.92 Å². The number of aromatic amines is 1. The fourth-order valence-electron chi connectivity index (χ4n) is 3.89. The quantitative estimate of drug-likeness (QED) is 0.746. The normalized spacial score (nSPS) is 30.3. The Labute approximate surface area is 118 Å². The second-order valence-electron chi connectivity index (χ2n) is 6.27. The second kappa shape index (κ2) is 4.77. The van der Waals surface area contributed by atoms with E-state index in [0.29, 0.717) is 12.1 Å². The van der Waals surface area contributed by atoms with Crippen LogP contribution in [0.4, 0.5) is 0 Å². The Morgan fingerprint density at radius 1 is 1.10 bits per heavy atom.